The molecule has 1 aliphatic heterocycles. The van der Waals surface area contributed by atoms with Crippen molar-refractivity contribution in [3.63, 3.8) is 0 Å². The molecule has 1 aliphatic rings. The highest BCUT2D eigenvalue weighted by Gasteiger charge is 2.39. The van der Waals surface area contributed by atoms with Crippen LogP contribution in [0.25, 0.3) is 0 Å². The van der Waals surface area contributed by atoms with E-state index in [0.717, 1.165) is 17.5 Å². The van der Waals surface area contributed by atoms with Crippen molar-refractivity contribution in [3.05, 3.63) is 65.7 Å². The fourth-order valence-corrected chi connectivity index (χ4v) is 3.24. The molecule has 2 atom stereocenters. The van der Waals surface area contributed by atoms with Gasteiger partial charge in [0.2, 0.25) is 5.91 Å². The van der Waals surface area contributed by atoms with Crippen LogP contribution in [0, 0.1) is 0 Å². The monoisotopic (exact) mass is 338 g/mol. The van der Waals surface area contributed by atoms with Gasteiger partial charge in [-0.2, -0.15) is 0 Å². The van der Waals surface area contributed by atoms with Gasteiger partial charge in [0.05, 0.1) is 0 Å². The second kappa shape index (κ2) is 7.38. The fourth-order valence-electron chi connectivity index (χ4n) is 3.24. The van der Waals surface area contributed by atoms with E-state index in [9.17, 15) is 9.59 Å². The Morgan fingerprint density at radius 3 is 2.68 bits per heavy atom. The van der Waals surface area contributed by atoms with E-state index in [4.69, 9.17) is 10.5 Å². The molecule has 2 N–H and O–H groups in total. The summed E-state index contributed by atoms with van der Waals surface area (Å²) in [4.78, 5) is 26.2. The molecule has 1 heterocycles. The first-order valence-corrected chi connectivity index (χ1v) is 8.49. The van der Waals surface area contributed by atoms with Gasteiger partial charge in [-0.1, -0.05) is 49.4 Å². The van der Waals surface area contributed by atoms with Crippen LogP contribution in [0.2, 0.25) is 0 Å². The second-order valence-corrected chi connectivity index (χ2v) is 6.25. The Balaban J connectivity index is 1.79. The molecule has 0 saturated carbocycles. The van der Waals surface area contributed by atoms with Crippen LogP contribution in [-0.2, 0) is 9.53 Å². The van der Waals surface area contributed by atoms with Gasteiger partial charge in [-0.15, -0.1) is 0 Å². The van der Waals surface area contributed by atoms with E-state index in [1.54, 1.807) is 0 Å². The minimum atomic E-state index is -0.568. The van der Waals surface area contributed by atoms with Gasteiger partial charge in [0, 0.05) is 12.1 Å². The summed E-state index contributed by atoms with van der Waals surface area (Å²) < 4.78 is 5.14. The largest absolute Gasteiger partial charge is 0.446 e. The molecule has 130 valence electrons. The first kappa shape index (κ1) is 17.0. The summed E-state index contributed by atoms with van der Waals surface area (Å²) in [5, 5.41) is 0. The number of imide groups is 1. The van der Waals surface area contributed by atoms with Crippen LogP contribution in [0.1, 0.15) is 42.9 Å². The Morgan fingerprint density at radius 1 is 1.24 bits per heavy atom. The predicted molar refractivity (Wildman–Crippen MR) is 95.9 cm³/mol. The van der Waals surface area contributed by atoms with Crippen molar-refractivity contribution < 1.29 is 14.3 Å². The van der Waals surface area contributed by atoms with E-state index < -0.39 is 6.09 Å². The maximum atomic E-state index is 12.9. The molecule has 0 unspecified atom stereocenters. The average Bonchev–Trinajstić information content (AvgIpc) is 3.02. The molecule has 2 amide bonds. The number of amides is 2. The lowest BCUT2D eigenvalue weighted by Gasteiger charge is -2.23. The molecule has 0 radical (unpaired) electrons. The Bertz CT molecular complexity index is 761. The number of carbonyl (C=O) groups excluding carboxylic acids is 2. The molecular weight excluding hydrogens is 316 g/mol. The quantitative estimate of drug-likeness (QED) is 0.840. The fraction of sp³-hybridized carbons (Fsp3) is 0.300. The molecule has 2 aromatic carbocycles. The molecule has 1 saturated heterocycles. The van der Waals surface area contributed by atoms with E-state index in [0.29, 0.717) is 5.69 Å². The average molecular weight is 338 g/mol. The standard InChI is InChI=1S/C20H22N2O3/c1-2-14(16-9-6-10-17(21)11-16)12-19(23)22-18(13-25-20(22)24)15-7-4-3-5-8-15/h3-11,14,18H,2,12-13,21H2,1H3/t14-,18-/m1/s1. The topological polar surface area (TPSA) is 72.6 Å². The summed E-state index contributed by atoms with van der Waals surface area (Å²) in [5.41, 5.74) is 8.44. The van der Waals surface area contributed by atoms with Gasteiger partial charge < -0.3 is 10.5 Å². The summed E-state index contributed by atoms with van der Waals surface area (Å²) in [7, 11) is 0. The normalized spacial score (nSPS) is 18.0. The van der Waals surface area contributed by atoms with Gasteiger partial charge in [0.1, 0.15) is 12.6 Å². The molecule has 25 heavy (non-hydrogen) atoms. The third-order valence-corrected chi connectivity index (χ3v) is 4.62. The van der Waals surface area contributed by atoms with Crippen LogP contribution in [0.4, 0.5) is 10.5 Å². The van der Waals surface area contributed by atoms with Crippen LogP contribution in [0.15, 0.2) is 54.6 Å². The molecule has 3 rings (SSSR count). The number of hydrogen-bond donors (Lipinski definition) is 1. The van der Waals surface area contributed by atoms with Crippen molar-refractivity contribution in [2.45, 2.75) is 31.7 Å². The number of nitrogen functional groups attached to an aromatic ring is 1. The highest BCUT2D eigenvalue weighted by atomic mass is 16.6. The molecule has 0 aromatic heterocycles. The van der Waals surface area contributed by atoms with Crippen molar-refractivity contribution in [1.82, 2.24) is 4.90 Å². The zero-order chi connectivity index (χ0) is 17.8. The lowest BCUT2D eigenvalue weighted by Crippen LogP contribution is -2.35. The van der Waals surface area contributed by atoms with E-state index in [-0.39, 0.29) is 30.9 Å². The van der Waals surface area contributed by atoms with Crippen LogP contribution < -0.4 is 5.73 Å². The molecule has 0 spiro atoms. The van der Waals surface area contributed by atoms with Crippen molar-refractivity contribution in [3.8, 4) is 0 Å². The second-order valence-electron chi connectivity index (χ2n) is 6.25. The first-order chi connectivity index (χ1) is 12.1. The summed E-state index contributed by atoms with van der Waals surface area (Å²) in [6, 6.07) is 16.7. The van der Waals surface area contributed by atoms with Crippen molar-refractivity contribution in [1.29, 1.82) is 0 Å². The van der Waals surface area contributed by atoms with Gasteiger partial charge in [-0.3, -0.25) is 4.79 Å². The van der Waals surface area contributed by atoms with Gasteiger partial charge in [0.25, 0.3) is 0 Å². The maximum Gasteiger partial charge on any atom is 0.417 e. The van der Waals surface area contributed by atoms with Crippen molar-refractivity contribution >= 4 is 17.7 Å². The van der Waals surface area contributed by atoms with Gasteiger partial charge in [0.15, 0.2) is 0 Å². The zero-order valence-electron chi connectivity index (χ0n) is 14.2. The third-order valence-electron chi connectivity index (χ3n) is 4.62. The van der Waals surface area contributed by atoms with Crippen LogP contribution in [0.5, 0.6) is 0 Å². The van der Waals surface area contributed by atoms with Gasteiger partial charge in [-0.05, 0) is 35.6 Å². The summed E-state index contributed by atoms with van der Waals surface area (Å²) in [5.74, 6) is -0.202. The van der Waals surface area contributed by atoms with Crippen LogP contribution >= 0.6 is 0 Å². The molecule has 1 fully saturated rings. The molecule has 5 heteroatoms. The highest BCUT2D eigenvalue weighted by molar-refractivity contribution is 5.94. The number of cyclic esters (lactones) is 1. The summed E-state index contributed by atoms with van der Waals surface area (Å²) in [6.07, 6.45) is 0.466. The zero-order valence-corrected chi connectivity index (χ0v) is 14.2. The van der Waals surface area contributed by atoms with Crippen LogP contribution in [-0.4, -0.2) is 23.5 Å². The number of nitrogens with two attached hydrogens (primary N) is 1. The smallest absolute Gasteiger partial charge is 0.417 e. The SMILES string of the molecule is CC[C@H](CC(=O)N1C(=O)OC[C@@H]1c1ccccc1)c1cccc(N)c1. The van der Waals surface area contributed by atoms with Gasteiger partial charge in [-0.25, -0.2) is 9.69 Å². The van der Waals surface area contributed by atoms with E-state index in [1.807, 2.05) is 61.5 Å². The first-order valence-electron chi connectivity index (χ1n) is 8.49. The minimum Gasteiger partial charge on any atom is -0.446 e. The third kappa shape index (κ3) is 3.65. The Labute approximate surface area is 147 Å². The lowest BCUT2D eigenvalue weighted by atomic mass is 9.92. The molecule has 0 aliphatic carbocycles. The number of hydrogen-bond acceptors (Lipinski definition) is 4. The predicted octanol–water partition coefficient (Wildman–Crippen LogP) is 3.87. The Hall–Kier alpha value is -2.82. The Kier molecular flexibility index (Phi) is 5.03. The number of anilines is 1. The molecule has 2 aromatic rings. The molecule has 0 bridgehead atoms. The van der Waals surface area contributed by atoms with E-state index in [2.05, 4.69) is 0 Å². The van der Waals surface area contributed by atoms with Gasteiger partial charge >= 0.3 is 6.09 Å². The van der Waals surface area contributed by atoms with E-state index >= 15 is 0 Å². The summed E-state index contributed by atoms with van der Waals surface area (Å²) >= 11 is 0. The highest BCUT2D eigenvalue weighted by Crippen LogP contribution is 2.31. The lowest BCUT2D eigenvalue weighted by molar-refractivity contribution is -0.129. The van der Waals surface area contributed by atoms with Crippen LogP contribution in [0.3, 0.4) is 0 Å². The number of nitrogens with zero attached hydrogens (tertiary/aromatic N) is 1. The van der Waals surface area contributed by atoms with Crippen molar-refractivity contribution in [2.24, 2.45) is 0 Å². The number of rotatable bonds is 5. The maximum absolute atomic E-state index is 12.9. The molecular formula is C20H22N2O3. The number of ether oxygens (including phenoxy) is 1. The summed E-state index contributed by atoms with van der Waals surface area (Å²) in [6.45, 7) is 2.22. The van der Waals surface area contributed by atoms with Crippen molar-refractivity contribution in [2.75, 3.05) is 12.3 Å². The molecule has 5 nitrogen and oxygen atoms in total. The minimum absolute atomic E-state index is 0.0147. The Morgan fingerprint density at radius 2 is 2.00 bits per heavy atom. The van der Waals surface area contributed by atoms with E-state index in [1.165, 1.54) is 4.90 Å². The number of benzene rings is 2. The number of carbonyl (C=O) groups is 2.